The fraction of sp³-hybridized carbons (Fsp3) is 0.500. The first-order valence-corrected chi connectivity index (χ1v) is 5.94. The first kappa shape index (κ1) is 14.1. The summed E-state index contributed by atoms with van der Waals surface area (Å²) in [5.41, 5.74) is 6.44. The van der Waals surface area contributed by atoms with Gasteiger partial charge < -0.3 is 19.9 Å². The van der Waals surface area contributed by atoms with Crippen LogP contribution in [0.15, 0.2) is 10.5 Å². The van der Waals surface area contributed by atoms with Gasteiger partial charge in [-0.2, -0.15) is 0 Å². The van der Waals surface area contributed by atoms with E-state index in [0.717, 1.165) is 5.56 Å². The van der Waals surface area contributed by atoms with Crippen molar-refractivity contribution in [2.24, 2.45) is 5.73 Å². The third kappa shape index (κ3) is 2.66. The molecule has 0 amide bonds. The fourth-order valence-electron chi connectivity index (χ4n) is 1.61. The van der Waals surface area contributed by atoms with Crippen molar-refractivity contribution in [2.75, 3.05) is 21.3 Å². The lowest BCUT2D eigenvalue weighted by atomic mass is 9.94. The molecule has 0 unspecified atom stereocenters. The van der Waals surface area contributed by atoms with E-state index < -0.39 is 5.54 Å². The Hall–Kier alpha value is -0.940. The summed E-state index contributed by atoms with van der Waals surface area (Å²) in [5.74, 6) is 1.88. The second-order valence-corrected chi connectivity index (χ2v) is 5.02. The van der Waals surface area contributed by atoms with Crippen molar-refractivity contribution >= 4 is 15.9 Å². The molecule has 1 aromatic rings. The molecule has 0 heterocycles. The highest BCUT2D eigenvalue weighted by molar-refractivity contribution is 9.10. The smallest absolute Gasteiger partial charge is 0.178 e. The topological polar surface area (TPSA) is 53.7 Å². The van der Waals surface area contributed by atoms with Gasteiger partial charge in [-0.05, 0) is 35.8 Å². The molecule has 96 valence electrons. The Balaban J connectivity index is 3.57. The number of nitrogens with two attached hydrogens (primary N) is 1. The molecule has 0 saturated heterocycles. The van der Waals surface area contributed by atoms with Gasteiger partial charge in [0, 0.05) is 11.1 Å². The van der Waals surface area contributed by atoms with Crippen LogP contribution in [-0.2, 0) is 5.54 Å². The Bertz CT molecular complexity index is 413. The lowest BCUT2D eigenvalue weighted by Gasteiger charge is -2.25. The molecular formula is C12H18BrNO3. The summed E-state index contributed by atoms with van der Waals surface area (Å²) in [5, 5.41) is 0. The highest BCUT2D eigenvalue weighted by Crippen LogP contribution is 2.46. The van der Waals surface area contributed by atoms with Crippen LogP contribution >= 0.6 is 15.9 Å². The van der Waals surface area contributed by atoms with Gasteiger partial charge in [-0.3, -0.25) is 0 Å². The fourth-order valence-corrected chi connectivity index (χ4v) is 2.34. The summed E-state index contributed by atoms with van der Waals surface area (Å²) >= 11 is 3.45. The van der Waals surface area contributed by atoms with E-state index in [4.69, 9.17) is 19.9 Å². The molecule has 1 rings (SSSR count). The van der Waals surface area contributed by atoms with E-state index in [1.54, 1.807) is 21.3 Å². The quantitative estimate of drug-likeness (QED) is 0.929. The van der Waals surface area contributed by atoms with Gasteiger partial charge in [-0.15, -0.1) is 0 Å². The lowest BCUT2D eigenvalue weighted by molar-refractivity contribution is 0.340. The number of hydrogen-bond donors (Lipinski definition) is 1. The van der Waals surface area contributed by atoms with E-state index in [-0.39, 0.29) is 0 Å². The van der Waals surface area contributed by atoms with Crippen LogP contribution in [0.25, 0.3) is 0 Å². The van der Waals surface area contributed by atoms with Crippen LogP contribution in [-0.4, -0.2) is 21.3 Å². The number of rotatable bonds is 4. The molecule has 17 heavy (non-hydrogen) atoms. The van der Waals surface area contributed by atoms with Crippen LogP contribution in [0.4, 0.5) is 0 Å². The van der Waals surface area contributed by atoms with Crippen LogP contribution in [0, 0.1) is 0 Å². The summed E-state index contributed by atoms with van der Waals surface area (Å²) < 4.78 is 16.7. The number of hydrogen-bond acceptors (Lipinski definition) is 4. The highest BCUT2D eigenvalue weighted by atomic mass is 79.9. The van der Waals surface area contributed by atoms with E-state index in [2.05, 4.69) is 15.9 Å². The zero-order chi connectivity index (χ0) is 13.2. The Kier molecular flexibility index (Phi) is 4.27. The first-order valence-electron chi connectivity index (χ1n) is 5.14. The Morgan fingerprint density at radius 1 is 1.06 bits per heavy atom. The van der Waals surface area contributed by atoms with Gasteiger partial charge in [0.25, 0.3) is 0 Å². The maximum absolute atomic E-state index is 6.12. The molecule has 4 nitrogen and oxygen atoms in total. The Labute approximate surface area is 110 Å². The van der Waals surface area contributed by atoms with Crippen molar-refractivity contribution in [1.82, 2.24) is 0 Å². The molecule has 0 aliphatic rings. The number of methoxy groups -OCH3 is 3. The molecule has 0 saturated carbocycles. The number of ether oxygens (including phenoxy) is 3. The van der Waals surface area contributed by atoms with Crippen LogP contribution < -0.4 is 19.9 Å². The molecule has 0 fully saturated rings. The second kappa shape index (κ2) is 5.14. The molecule has 0 aromatic heterocycles. The van der Waals surface area contributed by atoms with Gasteiger partial charge in [-0.25, -0.2) is 0 Å². The van der Waals surface area contributed by atoms with Crippen molar-refractivity contribution in [3.8, 4) is 17.2 Å². The molecular weight excluding hydrogens is 286 g/mol. The standard InChI is InChI=1S/C12H18BrNO3/c1-12(2,14)7-6-8(15-3)11(17-5)9(13)10(7)16-4/h6H,14H2,1-5H3. The zero-order valence-electron chi connectivity index (χ0n) is 10.8. The van der Waals surface area contributed by atoms with Crippen molar-refractivity contribution in [1.29, 1.82) is 0 Å². The minimum Gasteiger partial charge on any atom is -0.495 e. The minimum atomic E-state index is -0.534. The second-order valence-electron chi connectivity index (χ2n) is 4.23. The monoisotopic (exact) mass is 303 g/mol. The van der Waals surface area contributed by atoms with Crippen LogP contribution in [0.1, 0.15) is 19.4 Å². The highest BCUT2D eigenvalue weighted by Gasteiger charge is 2.26. The number of benzene rings is 1. The average Bonchev–Trinajstić information content (AvgIpc) is 2.26. The normalized spacial score (nSPS) is 11.2. The summed E-state index contributed by atoms with van der Waals surface area (Å²) in [4.78, 5) is 0. The summed E-state index contributed by atoms with van der Waals surface area (Å²) in [7, 11) is 4.76. The first-order chi connectivity index (χ1) is 7.86. The van der Waals surface area contributed by atoms with Crippen molar-refractivity contribution < 1.29 is 14.2 Å². The van der Waals surface area contributed by atoms with Crippen molar-refractivity contribution in [3.05, 3.63) is 16.1 Å². The summed E-state index contributed by atoms with van der Waals surface area (Å²) in [6.07, 6.45) is 0. The van der Waals surface area contributed by atoms with Gasteiger partial charge in [0.05, 0.1) is 21.3 Å². The predicted octanol–water partition coefficient (Wildman–Crippen LogP) is 2.67. The maximum atomic E-state index is 6.12. The number of halogens is 1. The van der Waals surface area contributed by atoms with E-state index in [0.29, 0.717) is 21.7 Å². The molecule has 0 radical (unpaired) electrons. The van der Waals surface area contributed by atoms with Crippen LogP contribution in [0.3, 0.4) is 0 Å². The van der Waals surface area contributed by atoms with Gasteiger partial charge in [0.2, 0.25) is 0 Å². The van der Waals surface area contributed by atoms with Gasteiger partial charge in [0.1, 0.15) is 10.2 Å². The Morgan fingerprint density at radius 2 is 1.59 bits per heavy atom. The van der Waals surface area contributed by atoms with Gasteiger partial charge >= 0.3 is 0 Å². The lowest BCUT2D eigenvalue weighted by Crippen LogP contribution is -2.29. The van der Waals surface area contributed by atoms with Crippen molar-refractivity contribution in [3.63, 3.8) is 0 Å². The zero-order valence-corrected chi connectivity index (χ0v) is 12.3. The molecule has 0 spiro atoms. The maximum Gasteiger partial charge on any atom is 0.178 e. The molecule has 2 N–H and O–H groups in total. The SMILES string of the molecule is COc1cc(C(C)(C)N)c(OC)c(Br)c1OC. The van der Waals surface area contributed by atoms with Crippen LogP contribution in [0.5, 0.6) is 17.2 Å². The van der Waals surface area contributed by atoms with Crippen molar-refractivity contribution in [2.45, 2.75) is 19.4 Å². The van der Waals surface area contributed by atoms with E-state index >= 15 is 0 Å². The van der Waals surface area contributed by atoms with Gasteiger partial charge in [0.15, 0.2) is 11.5 Å². The van der Waals surface area contributed by atoms with E-state index in [9.17, 15) is 0 Å². The molecule has 5 heteroatoms. The summed E-state index contributed by atoms with van der Waals surface area (Å²) in [6.45, 7) is 3.81. The molecule has 0 atom stereocenters. The Morgan fingerprint density at radius 3 is 1.94 bits per heavy atom. The minimum absolute atomic E-state index is 0.534. The van der Waals surface area contributed by atoms with Crippen LogP contribution in [0.2, 0.25) is 0 Å². The van der Waals surface area contributed by atoms with Gasteiger partial charge in [-0.1, -0.05) is 0 Å². The average molecular weight is 304 g/mol. The predicted molar refractivity (Wildman–Crippen MR) is 71.0 cm³/mol. The molecule has 0 bridgehead atoms. The van der Waals surface area contributed by atoms with E-state index in [1.807, 2.05) is 19.9 Å². The molecule has 0 aliphatic carbocycles. The molecule has 0 aliphatic heterocycles. The molecule has 1 aromatic carbocycles. The third-order valence-corrected chi connectivity index (χ3v) is 3.19. The third-order valence-electron chi connectivity index (χ3n) is 2.46. The van der Waals surface area contributed by atoms with E-state index in [1.165, 1.54) is 0 Å². The largest absolute Gasteiger partial charge is 0.495 e. The summed E-state index contributed by atoms with van der Waals surface area (Å²) in [6, 6.07) is 1.84.